The van der Waals surface area contributed by atoms with E-state index in [0.29, 0.717) is 5.56 Å². The molecule has 1 rings (SSSR count). The summed E-state index contributed by atoms with van der Waals surface area (Å²) in [5.74, 6) is -0.732. The second-order valence-corrected chi connectivity index (χ2v) is 4.92. The zero-order valence-corrected chi connectivity index (χ0v) is 12.2. The number of carbonyl (C=O) groups excluding carboxylic acids is 1. The van der Waals surface area contributed by atoms with Crippen molar-refractivity contribution in [3.63, 3.8) is 0 Å². The summed E-state index contributed by atoms with van der Waals surface area (Å²) in [7, 11) is 3.27. The molecule has 0 amide bonds. The molecule has 0 aromatic heterocycles. The van der Waals surface area contributed by atoms with Crippen molar-refractivity contribution < 1.29 is 13.9 Å². The predicted octanol–water partition coefficient (Wildman–Crippen LogP) is 3.02. The SMILES string of the molecule is COC(=O)C(C)C(C)N(C)C(C)c1ccccc1F. The standard InChI is InChI=1S/C15H22FNO2/c1-10(15(18)19-5)11(2)17(4)12(3)13-8-6-7-9-14(13)16/h6-12H,1-5H3. The first-order valence-corrected chi connectivity index (χ1v) is 6.44. The van der Waals surface area contributed by atoms with Crippen LogP contribution in [0.15, 0.2) is 24.3 Å². The predicted molar refractivity (Wildman–Crippen MR) is 73.2 cm³/mol. The van der Waals surface area contributed by atoms with Crippen molar-refractivity contribution in [3.05, 3.63) is 35.6 Å². The molecule has 3 nitrogen and oxygen atoms in total. The van der Waals surface area contributed by atoms with Gasteiger partial charge in [-0.25, -0.2) is 4.39 Å². The fourth-order valence-electron chi connectivity index (χ4n) is 2.12. The van der Waals surface area contributed by atoms with Crippen molar-refractivity contribution in [2.24, 2.45) is 5.92 Å². The summed E-state index contributed by atoms with van der Waals surface area (Å²) < 4.78 is 18.5. The fraction of sp³-hybridized carbons (Fsp3) is 0.533. The van der Waals surface area contributed by atoms with E-state index in [1.807, 2.05) is 38.8 Å². The van der Waals surface area contributed by atoms with E-state index < -0.39 is 0 Å². The third-order valence-corrected chi connectivity index (χ3v) is 3.91. The van der Waals surface area contributed by atoms with Gasteiger partial charge in [-0.2, -0.15) is 0 Å². The lowest BCUT2D eigenvalue weighted by atomic mass is 9.98. The number of nitrogens with zero attached hydrogens (tertiary/aromatic N) is 1. The largest absolute Gasteiger partial charge is 0.469 e. The van der Waals surface area contributed by atoms with E-state index in [2.05, 4.69) is 0 Å². The lowest BCUT2D eigenvalue weighted by molar-refractivity contribution is -0.147. The van der Waals surface area contributed by atoms with Crippen molar-refractivity contribution >= 4 is 5.97 Å². The molecule has 4 heteroatoms. The van der Waals surface area contributed by atoms with Crippen molar-refractivity contribution in [3.8, 4) is 0 Å². The number of rotatable bonds is 5. The molecule has 1 aromatic rings. The molecule has 0 aliphatic carbocycles. The van der Waals surface area contributed by atoms with Gasteiger partial charge < -0.3 is 4.74 Å². The van der Waals surface area contributed by atoms with Crippen LogP contribution in [0.4, 0.5) is 4.39 Å². The number of ether oxygens (including phenoxy) is 1. The molecule has 1 aromatic carbocycles. The zero-order valence-electron chi connectivity index (χ0n) is 12.2. The first kappa shape index (κ1) is 15.6. The molecule has 19 heavy (non-hydrogen) atoms. The number of halogens is 1. The van der Waals surface area contributed by atoms with Crippen LogP contribution in [0.1, 0.15) is 32.4 Å². The average molecular weight is 267 g/mol. The zero-order chi connectivity index (χ0) is 14.6. The Labute approximate surface area is 114 Å². The quantitative estimate of drug-likeness (QED) is 0.768. The Bertz CT molecular complexity index is 436. The maximum atomic E-state index is 13.8. The Hall–Kier alpha value is -1.42. The number of methoxy groups -OCH3 is 1. The van der Waals surface area contributed by atoms with Crippen LogP contribution < -0.4 is 0 Å². The Morgan fingerprint density at radius 1 is 1.26 bits per heavy atom. The first-order valence-electron chi connectivity index (χ1n) is 6.44. The van der Waals surface area contributed by atoms with Gasteiger partial charge in [-0.3, -0.25) is 9.69 Å². The van der Waals surface area contributed by atoms with E-state index in [1.165, 1.54) is 13.2 Å². The number of hydrogen-bond acceptors (Lipinski definition) is 3. The van der Waals surface area contributed by atoms with Crippen LogP contribution in [-0.2, 0) is 9.53 Å². The number of carbonyl (C=O) groups is 1. The van der Waals surface area contributed by atoms with Gasteiger partial charge in [0.25, 0.3) is 0 Å². The second kappa shape index (κ2) is 6.66. The molecule has 0 aliphatic rings. The molecule has 106 valence electrons. The Balaban J connectivity index is 2.85. The Kier molecular flexibility index (Phi) is 5.48. The maximum Gasteiger partial charge on any atom is 0.309 e. The van der Waals surface area contributed by atoms with E-state index in [1.54, 1.807) is 12.1 Å². The highest BCUT2D eigenvalue weighted by Crippen LogP contribution is 2.25. The van der Waals surface area contributed by atoms with Gasteiger partial charge in [0.2, 0.25) is 0 Å². The van der Waals surface area contributed by atoms with E-state index in [9.17, 15) is 9.18 Å². The summed E-state index contributed by atoms with van der Waals surface area (Å²) in [6, 6.07) is 6.56. The highest BCUT2D eigenvalue weighted by Gasteiger charge is 2.28. The normalized spacial score (nSPS) is 15.9. The van der Waals surface area contributed by atoms with Crippen molar-refractivity contribution in [1.29, 1.82) is 0 Å². The lowest BCUT2D eigenvalue weighted by Gasteiger charge is -2.33. The minimum Gasteiger partial charge on any atom is -0.469 e. The summed E-state index contributed by atoms with van der Waals surface area (Å²) >= 11 is 0. The lowest BCUT2D eigenvalue weighted by Crippen LogP contribution is -2.40. The van der Waals surface area contributed by atoms with Crippen LogP contribution >= 0.6 is 0 Å². The van der Waals surface area contributed by atoms with Gasteiger partial charge in [-0.05, 0) is 27.0 Å². The van der Waals surface area contributed by atoms with Crippen LogP contribution in [-0.4, -0.2) is 31.1 Å². The molecule has 0 fully saturated rings. The second-order valence-electron chi connectivity index (χ2n) is 4.92. The van der Waals surface area contributed by atoms with Crippen molar-refractivity contribution in [2.75, 3.05) is 14.2 Å². The summed E-state index contributed by atoms with van der Waals surface area (Å²) in [4.78, 5) is 13.5. The molecule has 0 heterocycles. The van der Waals surface area contributed by atoms with Crippen LogP contribution in [0.5, 0.6) is 0 Å². The van der Waals surface area contributed by atoms with Gasteiger partial charge in [-0.15, -0.1) is 0 Å². The molecule has 3 unspecified atom stereocenters. The topological polar surface area (TPSA) is 29.5 Å². The van der Waals surface area contributed by atoms with Gasteiger partial charge in [0.05, 0.1) is 13.0 Å². The van der Waals surface area contributed by atoms with Crippen molar-refractivity contribution in [1.82, 2.24) is 4.90 Å². The number of esters is 1. The molecular formula is C15H22FNO2. The molecule has 0 radical (unpaired) electrons. The Morgan fingerprint density at radius 2 is 1.84 bits per heavy atom. The molecule has 0 saturated heterocycles. The van der Waals surface area contributed by atoms with Gasteiger partial charge >= 0.3 is 5.97 Å². The van der Waals surface area contributed by atoms with Crippen LogP contribution in [0.25, 0.3) is 0 Å². The average Bonchev–Trinajstić information content (AvgIpc) is 2.43. The summed E-state index contributed by atoms with van der Waals surface area (Å²) in [6.07, 6.45) is 0. The minimum atomic E-state index is -0.260. The number of benzene rings is 1. The van der Waals surface area contributed by atoms with Crippen LogP contribution in [0.2, 0.25) is 0 Å². The Morgan fingerprint density at radius 3 is 2.37 bits per heavy atom. The third kappa shape index (κ3) is 3.53. The number of hydrogen-bond donors (Lipinski definition) is 0. The van der Waals surface area contributed by atoms with E-state index in [-0.39, 0.29) is 29.8 Å². The summed E-state index contributed by atoms with van der Waals surface area (Å²) in [6.45, 7) is 5.69. The van der Waals surface area contributed by atoms with Gasteiger partial charge in [0.1, 0.15) is 5.82 Å². The van der Waals surface area contributed by atoms with Crippen molar-refractivity contribution in [2.45, 2.75) is 32.9 Å². The highest BCUT2D eigenvalue weighted by atomic mass is 19.1. The minimum absolute atomic E-state index is 0.0398. The summed E-state index contributed by atoms with van der Waals surface area (Å²) in [5.41, 5.74) is 0.633. The molecule has 0 saturated carbocycles. The smallest absolute Gasteiger partial charge is 0.309 e. The van der Waals surface area contributed by atoms with Gasteiger partial charge in [0, 0.05) is 17.6 Å². The monoisotopic (exact) mass is 267 g/mol. The van der Waals surface area contributed by atoms with Gasteiger partial charge in [0.15, 0.2) is 0 Å². The molecule has 0 N–H and O–H groups in total. The molecule has 3 atom stereocenters. The van der Waals surface area contributed by atoms with E-state index in [4.69, 9.17) is 4.74 Å². The first-order chi connectivity index (χ1) is 8.90. The van der Waals surface area contributed by atoms with Crippen LogP contribution in [0.3, 0.4) is 0 Å². The van der Waals surface area contributed by atoms with E-state index >= 15 is 0 Å². The fourth-order valence-corrected chi connectivity index (χ4v) is 2.12. The highest BCUT2D eigenvalue weighted by molar-refractivity contribution is 5.72. The summed E-state index contributed by atoms with van der Waals surface area (Å²) in [5, 5.41) is 0. The van der Waals surface area contributed by atoms with E-state index in [0.717, 1.165) is 0 Å². The van der Waals surface area contributed by atoms with Crippen LogP contribution in [0, 0.1) is 11.7 Å². The maximum absolute atomic E-state index is 13.8. The molecular weight excluding hydrogens is 245 g/mol. The molecule has 0 aliphatic heterocycles. The molecule has 0 bridgehead atoms. The van der Waals surface area contributed by atoms with Gasteiger partial charge in [-0.1, -0.05) is 25.1 Å². The third-order valence-electron chi connectivity index (χ3n) is 3.91. The molecule has 0 spiro atoms.